The van der Waals surface area contributed by atoms with E-state index in [1.54, 1.807) is 72.5 Å². The monoisotopic (exact) mass is 476 g/mol. The number of benzene rings is 1. The average molecular weight is 476 g/mol. The maximum Gasteiger partial charge on any atom is 0.358 e. The highest BCUT2D eigenvalue weighted by Crippen LogP contribution is 2.29. The standard InChI is InChI=1S/C24H24N6O5/c1-3-34-24(32)21-10-12-30(29-21)13-14-35-16-7-8-19(22(15-16)33-2)27-23(31)20-6-4-5-17(26-20)18-9-11-25-28-18/h4-12,15H,3,13-14H2,1-2H3,(H,25,28)(H,27,31). The molecule has 180 valence electrons. The number of nitrogens with one attached hydrogen (secondary N) is 2. The summed E-state index contributed by atoms with van der Waals surface area (Å²) in [7, 11) is 1.51. The SMILES string of the molecule is CCOC(=O)c1ccn(CCOc2ccc(NC(=O)c3cccc(-c4ccn[nH]4)n3)c(OC)c2)n1. The van der Waals surface area contributed by atoms with Gasteiger partial charge in [-0.25, -0.2) is 9.78 Å². The maximum atomic E-state index is 12.8. The van der Waals surface area contributed by atoms with Crippen LogP contribution in [0, 0.1) is 0 Å². The number of rotatable bonds is 10. The third-order valence-corrected chi connectivity index (χ3v) is 4.89. The molecule has 0 saturated carbocycles. The second-order valence-electron chi connectivity index (χ2n) is 7.23. The van der Waals surface area contributed by atoms with E-state index < -0.39 is 5.97 Å². The Hall–Kier alpha value is -4.67. The number of anilines is 1. The lowest BCUT2D eigenvalue weighted by molar-refractivity contribution is 0.0518. The number of methoxy groups -OCH3 is 1. The Bertz CT molecular complexity index is 1300. The molecule has 0 spiro atoms. The molecule has 1 aromatic carbocycles. The van der Waals surface area contributed by atoms with E-state index in [2.05, 4.69) is 25.6 Å². The summed E-state index contributed by atoms with van der Waals surface area (Å²) >= 11 is 0. The highest BCUT2D eigenvalue weighted by atomic mass is 16.5. The summed E-state index contributed by atoms with van der Waals surface area (Å²) in [5.74, 6) is 0.147. The largest absolute Gasteiger partial charge is 0.494 e. The number of nitrogens with zero attached hydrogens (tertiary/aromatic N) is 4. The zero-order chi connectivity index (χ0) is 24.6. The van der Waals surface area contributed by atoms with Crippen molar-refractivity contribution in [2.24, 2.45) is 0 Å². The molecular weight excluding hydrogens is 452 g/mol. The quantitative estimate of drug-likeness (QED) is 0.334. The van der Waals surface area contributed by atoms with Crippen LogP contribution in [0.1, 0.15) is 27.9 Å². The van der Waals surface area contributed by atoms with Gasteiger partial charge < -0.3 is 19.5 Å². The van der Waals surface area contributed by atoms with Crippen LogP contribution in [0.15, 0.2) is 60.9 Å². The van der Waals surface area contributed by atoms with E-state index in [1.165, 1.54) is 7.11 Å². The van der Waals surface area contributed by atoms with Crippen molar-refractivity contribution in [1.82, 2.24) is 25.0 Å². The smallest absolute Gasteiger partial charge is 0.358 e. The second-order valence-corrected chi connectivity index (χ2v) is 7.23. The summed E-state index contributed by atoms with van der Waals surface area (Å²) in [5, 5.41) is 13.7. The number of hydrogen-bond acceptors (Lipinski definition) is 8. The van der Waals surface area contributed by atoms with Gasteiger partial charge in [-0.3, -0.25) is 14.6 Å². The lowest BCUT2D eigenvalue weighted by Gasteiger charge is -2.13. The Labute approximate surface area is 201 Å². The maximum absolute atomic E-state index is 12.8. The lowest BCUT2D eigenvalue weighted by atomic mass is 10.2. The number of carbonyl (C=O) groups is 2. The van der Waals surface area contributed by atoms with Gasteiger partial charge in [0.15, 0.2) is 5.69 Å². The van der Waals surface area contributed by atoms with Crippen LogP contribution in [-0.4, -0.2) is 57.2 Å². The molecule has 0 bridgehead atoms. The highest BCUT2D eigenvalue weighted by molar-refractivity contribution is 6.04. The molecule has 2 N–H and O–H groups in total. The van der Waals surface area contributed by atoms with Crippen LogP contribution in [0.25, 0.3) is 11.4 Å². The van der Waals surface area contributed by atoms with Gasteiger partial charge in [0.05, 0.1) is 37.3 Å². The van der Waals surface area contributed by atoms with Gasteiger partial charge in [-0.15, -0.1) is 0 Å². The molecule has 0 aliphatic heterocycles. The Morgan fingerprint density at radius 1 is 1.11 bits per heavy atom. The minimum atomic E-state index is -0.460. The predicted octanol–water partition coefficient (Wildman–Crippen LogP) is 3.18. The van der Waals surface area contributed by atoms with Gasteiger partial charge in [-0.2, -0.15) is 10.2 Å². The van der Waals surface area contributed by atoms with Crippen LogP contribution in [0.5, 0.6) is 11.5 Å². The number of carbonyl (C=O) groups excluding carboxylic acids is 2. The summed E-state index contributed by atoms with van der Waals surface area (Å²) in [4.78, 5) is 28.9. The van der Waals surface area contributed by atoms with Gasteiger partial charge in [0.1, 0.15) is 23.8 Å². The molecule has 1 amide bonds. The van der Waals surface area contributed by atoms with E-state index in [1.807, 2.05) is 0 Å². The molecule has 4 rings (SSSR count). The van der Waals surface area contributed by atoms with Crippen molar-refractivity contribution >= 4 is 17.6 Å². The lowest BCUT2D eigenvalue weighted by Crippen LogP contribution is -2.15. The van der Waals surface area contributed by atoms with Crippen LogP contribution >= 0.6 is 0 Å². The van der Waals surface area contributed by atoms with Gasteiger partial charge in [0, 0.05) is 18.5 Å². The van der Waals surface area contributed by atoms with Gasteiger partial charge in [-0.1, -0.05) is 6.07 Å². The number of pyridine rings is 1. The molecule has 11 heteroatoms. The molecule has 0 aliphatic carbocycles. The van der Waals surface area contributed by atoms with E-state index in [0.717, 1.165) is 0 Å². The fourth-order valence-corrected chi connectivity index (χ4v) is 3.22. The molecule has 0 fully saturated rings. The number of ether oxygens (including phenoxy) is 3. The Morgan fingerprint density at radius 3 is 2.77 bits per heavy atom. The molecule has 4 aromatic rings. The second kappa shape index (κ2) is 11.0. The van der Waals surface area contributed by atoms with E-state index in [0.29, 0.717) is 48.3 Å². The minimum Gasteiger partial charge on any atom is -0.494 e. The van der Waals surface area contributed by atoms with E-state index in [-0.39, 0.29) is 17.3 Å². The summed E-state index contributed by atoms with van der Waals surface area (Å²) < 4.78 is 17.7. The first kappa shape index (κ1) is 23.5. The first-order valence-corrected chi connectivity index (χ1v) is 10.9. The van der Waals surface area contributed by atoms with Gasteiger partial charge in [-0.05, 0) is 43.3 Å². The summed E-state index contributed by atoms with van der Waals surface area (Å²) in [6.45, 7) is 2.77. The van der Waals surface area contributed by atoms with Crippen molar-refractivity contribution < 1.29 is 23.8 Å². The zero-order valence-electron chi connectivity index (χ0n) is 19.2. The van der Waals surface area contributed by atoms with Crippen LogP contribution in [-0.2, 0) is 11.3 Å². The predicted molar refractivity (Wildman–Crippen MR) is 126 cm³/mol. The molecular formula is C24H24N6O5. The van der Waals surface area contributed by atoms with Gasteiger partial charge in [0.25, 0.3) is 5.91 Å². The molecule has 0 aliphatic rings. The fraction of sp³-hybridized carbons (Fsp3) is 0.208. The molecule has 0 unspecified atom stereocenters. The molecule has 3 heterocycles. The van der Waals surface area contributed by atoms with Crippen LogP contribution in [0.2, 0.25) is 0 Å². The van der Waals surface area contributed by atoms with Crippen molar-refractivity contribution in [2.45, 2.75) is 13.5 Å². The normalized spacial score (nSPS) is 10.6. The van der Waals surface area contributed by atoms with Crippen LogP contribution in [0.4, 0.5) is 5.69 Å². The van der Waals surface area contributed by atoms with Crippen molar-refractivity contribution in [3.05, 3.63) is 72.3 Å². The number of aromatic nitrogens is 5. The Morgan fingerprint density at radius 2 is 2.00 bits per heavy atom. The van der Waals surface area contributed by atoms with Crippen molar-refractivity contribution in [2.75, 3.05) is 25.6 Å². The molecule has 0 atom stereocenters. The van der Waals surface area contributed by atoms with E-state index >= 15 is 0 Å². The first-order valence-electron chi connectivity index (χ1n) is 10.9. The zero-order valence-corrected chi connectivity index (χ0v) is 19.2. The third-order valence-electron chi connectivity index (χ3n) is 4.89. The van der Waals surface area contributed by atoms with E-state index in [9.17, 15) is 9.59 Å². The number of H-pyrrole nitrogens is 1. The van der Waals surface area contributed by atoms with Gasteiger partial charge in [0.2, 0.25) is 0 Å². The van der Waals surface area contributed by atoms with E-state index in [4.69, 9.17) is 14.2 Å². The van der Waals surface area contributed by atoms with Gasteiger partial charge >= 0.3 is 5.97 Å². The summed E-state index contributed by atoms with van der Waals surface area (Å²) in [6, 6.07) is 13.6. The molecule has 0 radical (unpaired) electrons. The molecule has 35 heavy (non-hydrogen) atoms. The molecule has 3 aromatic heterocycles. The molecule has 11 nitrogen and oxygen atoms in total. The van der Waals surface area contributed by atoms with Crippen molar-refractivity contribution in [3.8, 4) is 22.9 Å². The van der Waals surface area contributed by atoms with Crippen molar-refractivity contribution in [3.63, 3.8) is 0 Å². The number of esters is 1. The summed E-state index contributed by atoms with van der Waals surface area (Å²) in [6.07, 6.45) is 3.30. The van der Waals surface area contributed by atoms with Crippen LogP contribution < -0.4 is 14.8 Å². The molecule has 0 saturated heterocycles. The third kappa shape index (κ3) is 5.82. The highest BCUT2D eigenvalue weighted by Gasteiger charge is 2.14. The number of aromatic amines is 1. The minimum absolute atomic E-state index is 0.248. The first-order chi connectivity index (χ1) is 17.1. The van der Waals surface area contributed by atoms with Crippen LogP contribution in [0.3, 0.4) is 0 Å². The van der Waals surface area contributed by atoms with Crippen molar-refractivity contribution in [1.29, 1.82) is 0 Å². The topological polar surface area (TPSA) is 133 Å². The Balaban J connectivity index is 1.36. The average Bonchev–Trinajstić information content (AvgIpc) is 3.58. The number of hydrogen-bond donors (Lipinski definition) is 2. The fourth-order valence-electron chi connectivity index (χ4n) is 3.22. The Kier molecular flexibility index (Phi) is 7.36. The number of amides is 1. The summed E-state index contributed by atoms with van der Waals surface area (Å²) in [5.41, 5.74) is 2.30.